The number of hydrogen-bond acceptors (Lipinski definition) is 12. The lowest BCUT2D eigenvalue weighted by molar-refractivity contribution is -0.116. The van der Waals surface area contributed by atoms with E-state index < -0.39 is 0 Å². The Morgan fingerprint density at radius 1 is 0.757 bits per heavy atom. The average Bonchev–Trinajstić information content (AvgIpc) is 3.51. The van der Waals surface area contributed by atoms with E-state index in [1.54, 1.807) is 47.6 Å². The van der Waals surface area contributed by atoms with Crippen molar-refractivity contribution in [1.82, 2.24) is 34.6 Å². The third-order valence-electron chi connectivity index (χ3n) is 12.7. The number of pyridine rings is 2. The van der Waals surface area contributed by atoms with Gasteiger partial charge in [0.1, 0.15) is 0 Å². The molecule has 70 heavy (non-hydrogen) atoms. The molecule has 2 saturated heterocycles. The number of fused-ring (bicyclic) bond motifs is 4. The van der Waals surface area contributed by atoms with Crippen molar-refractivity contribution in [3.8, 4) is 11.3 Å². The van der Waals surface area contributed by atoms with Crippen molar-refractivity contribution in [3.05, 3.63) is 123 Å². The van der Waals surface area contributed by atoms with Gasteiger partial charge in [-0.25, -0.2) is 15.0 Å². The highest BCUT2D eigenvalue weighted by molar-refractivity contribution is 6.32. The second-order valence-corrected chi connectivity index (χ2v) is 19.6. The van der Waals surface area contributed by atoms with Gasteiger partial charge in [-0.3, -0.25) is 24.4 Å². The lowest BCUT2D eigenvalue weighted by atomic mass is 9.92. The minimum absolute atomic E-state index is 0.0727. The van der Waals surface area contributed by atoms with E-state index in [4.69, 9.17) is 44.6 Å². The largest absolute Gasteiger partial charge is 0.383 e. The summed E-state index contributed by atoms with van der Waals surface area (Å²) in [5, 5.41) is 9.96. The Kier molecular flexibility index (Phi) is 17.2. The second-order valence-electron chi connectivity index (χ2n) is 18.8. The number of hydrogen-bond donors (Lipinski definition) is 5. The van der Waals surface area contributed by atoms with Gasteiger partial charge in [0.2, 0.25) is 17.8 Å². The molecule has 2 aromatic carbocycles. The van der Waals surface area contributed by atoms with Crippen LogP contribution in [-0.4, -0.2) is 113 Å². The molecule has 2 amide bonds. The molecule has 2 fully saturated rings. The number of benzene rings is 2. The quantitative estimate of drug-likeness (QED) is 0.0566. The summed E-state index contributed by atoms with van der Waals surface area (Å²) in [6, 6.07) is 18.4. The molecule has 0 unspecified atom stereocenters. The van der Waals surface area contributed by atoms with Crippen molar-refractivity contribution in [2.45, 2.75) is 65.2 Å². The molecule has 0 atom stereocenters. The van der Waals surface area contributed by atoms with Gasteiger partial charge < -0.3 is 42.1 Å². The molecule has 5 aromatic rings. The fraction of sp³-hybridized carbons (Fsp3) is 0.385. The SMILES string of the molecule is CN(C)/C=C1\CC(=O)Nc2cc(Cl)ccc2C1=O.Cc1nc(CC2CCN(C)CC2)ccc1N=C(N)N.Cc1nc(CC2CCN(C)CC2)ccc1Nc1ncc2c(n1)-c1ccc(Cl)cc1NC(=O)C2. The van der Waals surface area contributed by atoms with Crippen LogP contribution in [0.2, 0.25) is 10.0 Å². The fourth-order valence-electron chi connectivity index (χ4n) is 8.96. The standard InChI is InChI=1S/C25H27ClN6O.C14H23N5.C13H13ClN2O2/c1-15-21(6-4-19(28-15)11-16-7-9-32(2)10-8-16)30-25-27-14-17-12-23(33)29-22-13-18(26)3-5-20(22)24(17)31-25;1-10-13(18-14(15)16)4-3-12(17-10)9-11-5-7-19(2)8-6-11;1-16(2)7-8-5-12(17)15-11-6-9(14)3-4-10(11)13(8)18/h3-6,13-14,16H,7-12H2,1-2H3,(H,29,33)(H,27,30,31);3-4,11H,5-9H2,1-2H3,(H4,15,16,18);3-4,6-7H,5H2,1-2H3,(H,15,17)/b;;8-7+. The zero-order valence-electron chi connectivity index (χ0n) is 40.8. The van der Waals surface area contributed by atoms with Crippen LogP contribution >= 0.6 is 23.2 Å². The van der Waals surface area contributed by atoms with E-state index in [0.29, 0.717) is 44.4 Å². The van der Waals surface area contributed by atoms with Crippen LogP contribution in [-0.2, 0) is 28.9 Å². The number of amides is 2. The van der Waals surface area contributed by atoms with E-state index in [9.17, 15) is 14.4 Å². The van der Waals surface area contributed by atoms with Gasteiger partial charge in [0, 0.05) is 70.2 Å². The van der Waals surface area contributed by atoms with Gasteiger partial charge in [-0.05, 0) is 165 Å². The number of nitrogens with one attached hydrogen (secondary N) is 3. The second kappa shape index (κ2) is 23.4. The molecular formula is C52H63Cl2N13O3. The molecule has 4 aliphatic rings. The Morgan fingerprint density at radius 3 is 1.86 bits per heavy atom. The Bertz CT molecular complexity index is 2780. The molecule has 0 radical (unpaired) electrons. The van der Waals surface area contributed by atoms with Gasteiger partial charge in [0.15, 0.2) is 11.7 Å². The Morgan fingerprint density at radius 2 is 1.30 bits per heavy atom. The van der Waals surface area contributed by atoms with Crippen molar-refractivity contribution < 1.29 is 14.4 Å². The lowest BCUT2D eigenvalue weighted by Gasteiger charge is -2.28. The highest BCUT2D eigenvalue weighted by Gasteiger charge is 2.25. The number of anilines is 4. The Balaban J connectivity index is 0.000000167. The summed E-state index contributed by atoms with van der Waals surface area (Å²) in [5.74, 6) is 1.53. The number of nitrogens with two attached hydrogens (primary N) is 2. The van der Waals surface area contributed by atoms with Crippen LogP contribution in [0.1, 0.15) is 70.8 Å². The monoisotopic (exact) mass is 987 g/mol. The van der Waals surface area contributed by atoms with Gasteiger partial charge >= 0.3 is 0 Å². The van der Waals surface area contributed by atoms with Crippen LogP contribution < -0.4 is 27.4 Å². The third kappa shape index (κ3) is 14.1. The summed E-state index contributed by atoms with van der Waals surface area (Å²) in [6.07, 6.45) is 10.7. The number of aryl methyl sites for hydroxylation is 2. The number of aliphatic imine (C=N–C) groups is 1. The topological polar surface area (TPSA) is 213 Å². The molecular weight excluding hydrogens is 926 g/mol. The number of carbonyl (C=O) groups excluding carboxylic acids is 3. The molecule has 4 aliphatic heterocycles. The molecule has 16 nitrogen and oxygen atoms in total. The van der Waals surface area contributed by atoms with Crippen LogP contribution in [0.15, 0.2) is 83.6 Å². The van der Waals surface area contributed by atoms with E-state index in [1.165, 1.54) is 38.8 Å². The first-order chi connectivity index (χ1) is 33.5. The third-order valence-corrected chi connectivity index (χ3v) is 13.2. The fourth-order valence-corrected chi connectivity index (χ4v) is 9.30. The molecule has 3 aromatic heterocycles. The van der Waals surface area contributed by atoms with Crippen molar-refractivity contribution in [3.63, 3.8) is 0 Å². The maximum absolute atomic E-state index is 12.3. The Labute approximate surface area is 420 Å². The predicted molar refractivity (Wildman–Crippen MR) is 280 cm³/mol. The van der Waals surface area contributed by atoms with Crippen LogP contribution in [0.4, 0.5) is 28.7 Å². The molecule has 7 heterocycles. The normalized spacial score (nSPS) is 16.9. The number of carbonyl (C=O) groups is 3. The molecule has 18 heteroatoms. The van der Waals surface area contributed by atoms with Gasteiger partial charge in [-0.15, -0.1) is 0 Å². The number of aromatic nitrogens is 4. The molecule has 7 N–H and O–H groups in total. The summed E-state index contributed by atoms with van der Waals surface area (Å²) in [5.41, 5.74) is 20.9. The number of halogens is 2. The van der Waals surface area contributed by atoms with Crippen molar-refractivity contribution >= 4 is 75.5 Å². The smallest absolute Gasteiger partial charge is 0.229 e. The highest BCUT2D eigenvalue weighted by atomic mass is 35.5. The van der Waals surface area contributed by atoms with Crippen molar-refractivity contribution in [2.24, 2.45) is 28.3 Å². The van der Waals surface area contributed by atoms with Gasteiger partial charge in [-0.1, -0.05) is 23.2 Å². The maximum atomic E-state index is 12.3. The number of Topliss-reactive ketones (excluding diaryl/α,β-unsaturated/α-hetero) is 1. The number of nitrogens with zero attached hydrogens (tertiary/aromatic N) is 8. The first-order valence-corrected chi connectivity index (χ1v) is 24.4. The minimum Gasteiger partial charge on any atom is -0.383 e. The van der Waals surface area contributed by atoms with Crippen LogP contribution in [0.3, 0.4) is 0 Å². The van der Waals surface area contributed by atoms with Crippen LogP contribution in [0.5, 0.6) is 0 Å². The van der Waals surface area contributed by atoms with E-state index >= 15 is 0 Å². The summed E-state index contributed by atoms with van der Waals surface area (Å²) in [7, 11) is 7.99. The summed E-state index contributed by atoms with van der Waals surface area (Å²) < 4.78 is 0. The van der Waals surface area contributed by atoms with E-state index in [1.807, 2.05) is 46.1 Å². The minimum atomic E-state index is -0.211. The van der Waals surface area contributed by atoms with E-state index in [-0.39, 0.29) is 36.4 Å². The Hall–Kier alpha value is -6.46. The lowest BCUT2D eigenvalue weighted by Crippen LogP contribution is -2.31. The molecule has 0 spiro atoms. The number of likely N-dealkylation sites (tertiary alicyclic amines) is 2. The maximum Gasteiger partial charge on any atom is 0.229 e. The van der Waals surface area contributed by atoms with Crippen LogP contribution in [0, 0.1) is 25.7 Å². The summed E-state index contributed by atoms with van der Waals surface area (Å²) in [4.78, 5) is 65.6. The summed E-state index contributed by atoms with van der Waals surface area (Å²) in [6.45, 7) is 8.65. The molecule has 9 rings (SSSR count). The van der Waals surface area contributed by atoms with Crippen molar-refractivity contribution in [1.29, 1.82) is 0 Å². The average molecular weight is 989 g/mol. The molecule has 368 valence electrons. The first-order valence-electron chi connectivity index (χ1n) is 23.6. The molecule has 0 aliphatic carbocycles. The molecule has 0 saturated carbocycles. The van der Waals surface area contributed by atoms with Gasteiger partial charge in [0.05, 0.1) is 52.7 Å². The number of guanidine groups is 1. The zero-order chi connectivity index (χ0) is 50.1. The summed E-state index contributed by atoms with van der Waals surface area (Å²) >= 11 is 12.0. The molecule has 0 bridgehead atoms. The number of ketones is 1. The number of rotatable bonds is 8. The van der Waals surface area contributed by atoms with E-state index in [0.717, 1.165) is 82.8 Å². The van der Waals surface area contributed by atoms with E-state index in [2.05, 4.69) is 66.9 Å². The predicted octanol–water partition coefficient (Wildman–Crippen LogP) is 8.11. The highest BCUT2D eigenvalue weighted by Crippen LogP contribution is 2.35. The first kappa shape index (κ1) is 51.4. The zero-order valence-corrected chi connectivity index (χ0v) is 42.3. The van der Waals surface area contributed by atoms with Gasteiger partial charge in [0.25, 0.3) is 0 Å². The number of piperidine rings is 2. The van der Waals surface area contributed by atoms with Crippen molar-refractivity contribution in [2.75, 3.05) is 70.3 Å². The van der Waals surface area contributed by atoms with Crippen LogP contribution in [0.25, 0.3) is 11.3 Å². The van der Waals surface area contributed by atoms with Gasteiger partial charge in [-0.2, -0.15) is 0 Å².